The maximum Gasteiger partial charge on any atom is 0.303 e. The highest BCUT2D eigenvalue weighted by atomic mass is 16.4. The van der Waals surface area contributed by atoms with Crippen LogP contribution in [-0.2, 0) is 11.2 Å². The molecule has 3 rings (SSSR count). The number of benzene rings is 1. The third-order valence-corrected chi connectivity index (χ3v) is 4.66. The van der Waals surface area contributed by atoms with Crippen molar-refractivity contribution in [3.8, 4) is 0 Å². The molecule has 0 saturated carbocycles. The molecule has 1 N–H and O–H groups in total. The van der Waals surface area contributed by atoms with Crippen LogP contribution >= 0.6 is 0 Å². The minimum Gasteiger partial charge on any atom is -0.481 e. The van der Waals surface area contributed by atoms with Crippen LogP contribution in [0.2, 0.25) is 0 Å². The quantitative estimate of drug-likeness (QED) is 0.434. The van der Waals surface area contributed by atoms with Gasteiger partial charge in [0.05, 0.1) is 11.0 Å². The number of aryl methyl sites for hydroxylation is 1. The maximum atomic E-state index is 10.5. The molecular formula is C21H24N2O2. The van der Waals surface area contributed by atoms with E-state index in [4.69, 9.17) is 5.11 Å². The zero-order chi connectivity index (χ0) is 17.5. The summed E-state index contributed by atoms with van der Waals surface area (Å²) >= 11 is 0. The average Bonchev–Trinajstić information content (AvgIpc) is 2.63. The standard InChI is InChI=1S/C21H24N2O2/c24-19(25)10-6-4-2-1-3-5-8-16-13-15-23-21-18(16)12-11-17-9-7-14-22-20(17)21/h7,9,11-15H,1-6,8,10H2,(H,24,25). The number of carboxylic acids is 1. The Morgan fingerprint density at radius 1 is 0.840 bits per heavy atom. The Kier molecular flexibility index (Phi) is 5.94. The number of aromatic nitrogens is 2. The molecule has 0 aliphatic rings. The molecule has 0 aliphatic heterocycles. The van der Waals surface area contributed by atoms with Gasteiger partial charge < -0.3 is 5.11 Å². The minimum absolute atomic E-state index is 0.297. The number of fused-ring (bicyclic) bond motifs is 3. The lowest BCUT2D eigenvalue weighted by atomic mass is 10.0. The second-order valence-corrected chi connectivity index (χ2v) is 6.52. The van der Waals surface area contributed by atoms with E-state index in [0.29, 0.717) is 6.42 Å². The van der Waals surface area contributed by atoms with Gasteiger partial charge in [0.25, 0.3) is 0 Å². The molecule has 0 aliphatic carbocycles. The molecule has 0 amide bonds. The first kappa shape index (κ1) is 17.3. The van der Waals surface area contributed by atoms with Crippen LogP contribution in [0.1, 0.15) is 50.5 Å². The molecule has 25 heavy (non-hydrogen) atoms. The Bertz CT molecular complexity index is 861. The molecule has 0 radical (unpaired) electrons. The van der Waals surface area contributed by atoms with Crippen LogP contribution in [0.5, 0.6) is 0 Å². The fraction of sp³-hybridized carbons (Fsp3) is 0.381. The second kappa shape index (κ2) is 8.56. The largest absolute Gasteiger partial charge is 0.481 e. The van der Waals surface area contributed by atoms with Crippen molar-refractivity contribution in [3.05, 3.63) is 48.3 Å². The topological polar surface area (TPSA) is 63.1 Å². The summed E-state index contributed by atoms with van der Waals surface area (Å²) in [5.41, 5.74) is 3.30. The van der Waals surface area contributed by atoms with E-state index in [1.807, 2.05) is 18.5 Å². The molecule has 0 bridgehead atoms. The number of hydrogen-bond donors (Lipinski definition) is 1. The summed E-state index contributed by atoms with van der Waals surface area (Å²) in [6, 6.07) is 10.4. The Labute approximate surface area is 147 Å². The molecule has 0 fully saturated rings. The van der Waals surface area contributed by atoms with Crippen LogP contribution in [0.15, 0.2) is 42.7 Å². The third-order valence-electron chi connectivity index (χ3n) is 4.66. The van der Waals surface area contributed by atoms with Gasteiger partial charge in [-0.05, 0) is 37.0 Å². The lowest BCUT2D eigenvalue weighted by Crippen LogP contribution is -1.94. The minimum atomic E-state index is -0.688. The molecule has 0 saturated heterocycles. The molecule has 130 valence electrons. The molecule has 0 atom stereocenters. The predicted molar refractivity (Wildman–Crippen MR) is 101 cm³/mol. The lowest BCUT2D eigenvalue weighted by Gasteiger charge is -2.08. The van der Waals surface area contributed by atoms with Crippen molar-refractivity contribution in [2.75, 3.05) is 0 Å². The van der Waals surface area contributed by atoms with Gasteiger partial charge in [0, 0.05) is 29.6 Å². The van der Waals surface area contributed by atoms with Crippen molar-refractivity contribution >= 4 is 27.8 Å². The maximum absolute atomic E-state index is 10.5. The molecule has 4 nitrogen and oxygen atoms in total. The van der Waals surface area contributed by atoms with Crippen molar-refractivity contribution in [1.29, 1.82) is 0 Å². The number of aliphatic carboxylic acids is 1. The van der Waals surface area contributed by atoms with Gasteiger partial charge in [-0.1, -0.05) is 43.9 Å². The monoisotopic (exact) mass is 336 g/mol. The van der Waals surface area contributed by atoms with E-state index < -0.39 is 5.97 Å². The van der Waals surface area contributed by atoms with Crippen LogP contribution in [-0.4, -0.2) is 21.0 Å². The zero-order valence-electron chi connectivity index (χ0n) is 14.4. The van der Waals surface area contributed by atoms with Gasteiger partial charge in [-0.3, -0.25) is 14.8 Å². The molecule has 3 aromatic rings. The highest BCUT2D eigenvalue weighted by Crippen LogP contribution is 2.25. The molecule has 0 unspecified atom stereocenters. The van der Waals surface area contributed by atoms with E-state index in [0.717, 1.165) is 48.5 Å². The van der Waals surface area contributed by atoms with E-state index in [1.165, 1.54) is 23.8 Å². The molecule has 1 aromatic carbocycles. The van der Waals surface area contributed by atoms with Crippen LogP contribution in [0.3, 0.4) is 0 Å². The molecular weight excluding hydrogens is 312 g/mol. The van der Waals surface area contributed by atoms with E-state index in [9.17, 15) is 4.79 Å². The fourth-order valence-corrected chi connectivity index (χ4v) is 3.33. The summed E-state index contributed by atoms with van der Waals surface area (Å²) < 4.78 is 0. The first-order valence-electron chi connectivity index (χ1n) is 9.09. The van der Waals surface area contributed by atoms with Crippen molar-refractivity contribution in [3.63, 3.8) is 0 Å². The van der Waals surface area contributed by atoms with Crippen molar-refractivity contribution < 1.29 is 9.90 Å². The molecule has 0 spiro atoms. The van der Waals surface area contributed by atoms with Gasteiger partial charge in [-0.15, -0.1) is 0 Å². The highest BCUT2D eigenvalue weighted by molar-refractivity contribution is 6.03. The first-order valence-corrected chi connectivity index (χ1v) is 9.09. The normalized spacial score (nSPS) is 11.2. The number of carboxylic acid groups (broad SMARTS) is 1. The number of nitrogens with zero attached hydrogens (tertiary/aromatic N) is 2. The van der Waals surface area contributed by atoms with E-state index in [-0.39, 0.29) is 0 Å². The summed E-state index contributed by atoms with van der Waals surface area (Å²) in [7, 11) is 0. The van der Waals surface area contributed by atoms with Gasteiger partial charge >= 0.3 is 5.97 Å². The van der Waals surface area contributed by atoms with E-state index in [1.54, 1.807) is 0 Å². The number of unbranched alkanes of at least 4 members (excludes halogenated alkanes) is 5. The van der Waals surface area contributed by atoms with Gasteiger partial charge in [0.1, 0.15) is 0 Å². The zero-order valence-corrected chi connectivity index (χ0v) is 14.4. The molecule has 4 heteroatoms. The number of hydrogen-bond acceptors (Lipinski definition) is 3. The Morgan fingerprint density at radius 3 is 2.44 bits per heavy atom. The number of pyridine rings is 2. The summed E-state index contributed by atoms with van der Waals surface area (Å²) in [5.74, 6) is -0.688. The van der Waals surface area contributed by atoms with E-state index >= 15 is 0 Å². The predicted octanol–water partition coefficient (Wildman–Crippen LogP) is 5.14. The molecule has 2 heterocycles. The van der Waals surface area contributed by atoms with Crippen LogP contribution in [0.25, 0.3) is 21.8 Å². The van der Waals surface area contributed by atoms with Gasteiger partial charge in [0.15, 0.2) is 0 Å². The van der Waals surface area contributed by atoms with E-state index in [2.05, 4.69) is 34.2 Å². The highest BCUT2D eigenvalue weighted by Gasteiger charge is 2.06. The average molecular weight is 336 g/mol. The smallest absolute Gasteiger partial charge is 0.303 e. The Hall–Kier alpha value is -2.49. The van der Waals surface area contributed by atoms with Crippen molar-refractivity contribution in [2.45, 2.75) is 51.4 Å². The van der Waals surface area contributed by atoms with Crippen LogP contribution in [0.4, 0.5) is 0 Å². The Morgan fingerprint density at radius 2 is 1.60 bits per heavy atom. The van der Waals surface area contributed by atoms with Gasteiger partial charge in [-0.25, -0.2) is 0 Å². The lowest BCUT2D eigenvalue weighted by molar-refractivity contribution is -0.137. The Balaban J connectivity index is 1.55. The SMILES string of the molecule is O=C(O)CCCCCCCCc1ccnc2c1ccc1cccnc12. The third kappa shape index (κ3) is 4.53. The number of carbonyl (C=O) groups is 1. The van der Waals surface area contributed by atoms with Gasteiger partial charge in [-0.2, -0.15) is 0 Å². The van der Waals surface area contributed by atoms with Gasteiger partial charge in [0.2, 0.25) is 0 Å². The summed E-state index contributed by atoms with van der Waals surface area (Å²) in [4.78, 5) is 19.5. The van der Waals surface area contributed by atoms with Crippen LogP contribution < -0.4 is 0 Å². The number of rotatable bonds is 9. The summed E-state index contributed by atoms with van der Waals surface area (Å²) in [6.45, 7) is 0. The first-order chi connectivity index (χ1) is 12.3. The summed E-state index contributed by atoms with van der Waals surface area (Å²) in [5, 5.41) is 11.0. The van der Waals surface area contributed by atoms with Crippen molar-refractivity contribution in [1.82, 2.24) is 9.97 Å². The van der Waals surface area contributed by atoms with Crippen molar-refractivity contribution in [2.24, 2.45) is 0 Å². The fourth-order valence-electron chi connectivity index (χ4n) is 3.33. The second-order valence-electron chi connectivity index (χ2n) is 6.52. The van der Waals surface area contributed by atoms with Crippen LogP contribution in [0, 0.1) is 0 Å². The summed E-state index contributed by atoms with van der Waals surface area (Å²) in [6.07, 6.45) is 11.5. The molecule has 2 aromatic heterocycles.